The lowest BCUT2D eigenvalue weighted by Gasteiger charge is -2.12. The minimum absolute atomic E-state index is 0.113. The van der Waals surface area contributed by atoms with Crippen LogP contribution in [0, 0.1) is 0 Å². The lowest BCUT2D eigenvalue weighted by Crippen LogP contribution is -2.24. The first-order valence-corrected chi connectivity index (χ1v) is 5.32. The van der Waals surface area contributed by atoms with Gasteiger partial charge in [-0.3, -0.25) is 9.59 Å². The number of hydrogen-bond donors (Lipinski definition) is 3. The molecule has 2 amide bonds. The first-order valence-electron chi connectivity index (χ1n) is 5.32. The van der Waals surface area contributed by atoms with E-state index in [4.69, 9.17) is 5.11 Å². The highest BCUT2D eigenvalue weighted by Gasteiger charge is 2.16. The van der Waals surface area contributed by atoms with Crippen molar-refractivity contribution in [1.29, 1.82) is 0 Å². The SMILES string of the molecule is CNC(=O)c1cccc(C(=O)NC)c1CCO. The molecule has 0 aromatic heterocycles. The molecule has 1 aromatic carbocycles. The third kappa shape index (κ3) is 2.82. The summed E-state index contributed by atoms with van der Waals surface area (Å²) in [6, 6.07) is 4.92. The number of amides is 2. The van der Waals surface area contributed by atoms with Gasteiger partial charge in [0.1, 0.15) is 0 Å². The first kappa shape index (κ1) is 13.2. The number of carbonyl (C=O) groups is 2. The van der Waals surface area contributed by atoms with Crippen LogP contribution in [0.15, 0.2) is 18.2 Å². The molecule has 92 valence electrons. The third-order valence-corrected chi connectivity index (χ3v) is 2.48. The van der Waals surface area contributed by atoms with E-state index in [2.05, 4.69) is 10.6 Å². The van der Waals surface area contributed by atoms with Gasteiger partial charge in [0.2, 0.25) is 0 Å². The summed E-state index contributed by atoms with van der Waals surface area (Å²) in [5.41, 5.74) is 1.40. The predicted molar refractivity (Wildman–Crippen MR) is 64.0 cm³/mol. The Morgan fingerprint density at radius 3 is 1.94 bits per heavy atom. The number of hydrogen-bond acceptors (Lipinski definition) is 3. The predicted octanol–water partition coefficient (Wildman–Crippen LogP) is -0.0594. The van der Waals surface area contributed by atoms with Crippen LogP contribution < -0.4 is 10.6 Å². The van der Waals surface area contributed by atoms with E-state index < -0.39 is 0 Å². The van der Waals surface area contributed by atoms with E-state index >= 15 is 0 Å². The molecular weight excluding hydrogens is 220 g/mol. The molecular formula is C12H16N2O3. The van der Waals surface area contributed by atoms with Gasteiger partial charge in [0.05, 0.1) is 0 Å². The molecule has 0 saturated heterocycles. The summed E-state index contributed by atoms with van der Waals surface area (Å²) in [5.74, 6) is -0.529. The number of aliphatic hydroxyl groups is 1. The van der Waals surface area contributed by atoms with Crippen molar-refractivity contribution in [2.45, 2.75) is 6.42 Å². The molecule has 1 rings (SSSR count). The molecule has 0 aliphatic carbocycles. The van der Waals surface area contributed by atoms with Gasteiger partial charge in [-0.1, -0.05) is 6.07 Å². The molecule has 0 radical (unpaired) electrons. The highest BCUT2D eigenvalue weighted by atomic mass is 16.3. The summed E-state index contributed by atoms with van der Waals surface area (Å²) in [5, 5.41) is 14.0. The zero-order valence-electron chi connectivity index (χ0n) is 9.91. The third-order valence-electron chi connectivity index (χ3n) is 2.48. The molecule has 5 nitrogen and oxygen atoms in total. The van der Waals surface area contributed by atoms with Crippen molar-refractivity contribution in [2.24, 2.45) is 0 Å². The molecule has 3 N–H and O–H groups in total. The van der Waals surface area contributed by atoms with Crippen LogP contribution in [-0.4, -0.2) is 37.6 Å². The summed E-state index contributed by atoms with van der Waals surface area (Å²) in [6.07, 6.45) is 0.270. The Hall–Kier alpha value is -1.88. The van der Waals surface area contributed by atoms with Crippen molar-refractivity contribution in [3.8, 4) is 0 Å². The number of aliphatic hydroxyl groups excluding tert-OH is 1. The molecule has 0 aliphatic heterocycles. The second-order valence-electron chi connectivity index (χ2n) is 3.46. The van der Waals surface area contributed by atoms with Gasteiger partial charge >= 0.3 is 0 Å². The standard InChI is InChI=1S/C12H16N2O3/c1-13-11(16)9-4-3-5-10(12(17)14-2)8(9)6-7-15/h3-5,15H,6-7H2,1-2H3,(H,13,16)(H,14,17). The Bertz CT molecular complexity index is 396. The molecule has 0 atom stereocenters. The van der Waals surface area contributed by atoms with Crippen molar-refractivity contribution in [1.82, 2.24) is 10.6 Å². The molecule has 0 fully saturated rings. The monoisotopic (exact) mass is 236 g/mol. The van der Waals surface area contributed by atoms with E-state index in [1.807, 2.05) is 0 Å². The van der Waals surface area contributed by atoms with E-state index in [-0.39, 0.29) is 24.8 Å². The van der Waals surface area contributed by atoms with Crippen molar-refractivity contribution in [3.63, 3.8) is 0 Å². The average molecular weight is 236 g/mol. The van der Waals surface area contributed by atoms with E-state index in [1.54, 1.807) is 18.2 Å². The van der Waals surface area contributed by atoms with Gasteiger partial charge in [0.25, 0.3) is 11.8 Å². The normalized spacial score (nSPS) is 9.82. The average Bonchev–Trinajstić information content (AvgIpc) is 2.37. The topological polar surface area (TPSA) is 78.4 Å². The van der Waals surface area contributed by atoms with E-state index in [9.17, 15) is 9.59 Å². The van der Waals surface area contributed by atoms with Crippen LogP contribution in [0.3, 0.4) is 0 Å². The molecule has 1 aromatic rings. The Kier molecular flexibility index (Phi) is 4.66. The van der Waals surface area contributed by atoms with Crippen LogP contribution in [0.1, 0.15) is 26.3 Å². The maximum Gasteiger partial charge on any atom is 0.251 e. The summed E-state index contributed by atoms with van der Waals surface area (Å²) in [4.78, 5) is 23.3. The lowest BCUT2D eigenvalue weighted by atomic mass is 9.97. The zero-order chi connectivity index (χ0) is 12.8. The summed E-state index contributed by atoms with van der Waals surface area (Å²) in [6.45, 7) is -0.113. The second kappa shape index (κ2) is 6.00. The van der Waals surface area contributed by atoms with Gasteiger partial charge < -0.3 is 15.7 Å². The van der Waals surface area contributed by atoms with Crippen LogP contribution in [0.5, 0.6) is 0 Å². The Morgan fingerprint density at radius 2 is 1.59 bits per heavy atom. The van der Waals surface area contributed by atoms with Gasteiger partial charge in [-0.15, -0.1) is 0 Å². The van der Waals surface area contributed by atoms with E-state index in [0.29, 0.717) is 16.7 Å². The van der Waals surface area contributed by atoms with Crippen LogP contribution in [0.4, 0.5) is 0 Å². The van der Waals surface area contributed by atoms with Gasteiger partial charge in [-0.05, 0) is 24.1 Å². The fourth-order valence-electron chi connectivity index (χ4n) is 1.66. The van der Waals surface area contributed by atoms with Gasteiger partial charge in [0.15, 0.2) is 0 Å². The molecule has 0 saturated carbocycles. The largest absolute Gasteiger partial charge is 0.396 e. The zero-order valence-corrected chi connectivity index (χ0v) is 9.91. The van der Waals surface area contributed by atoms with Gasteiger partial charge in [0, 0.05) is 31.8 Å². The molecule has 17 heavy (non-hydrogen) atoms. The van der Waals surface area contributed by atoms with E-state index in [1.165, 1.54) is 14.1 Å². The number of carbonyl (C=O) groups excluding carboxylic acids is 2. The molecule has 0 spiro atoms. The minimum Gasteiger partial charge on any atom is -0.396 e. The number of rotatable bonds is 4. The van der Waals surface area contributed by atoms with Crippen LogP contribution >= 0.6 is 0 Å². The number of nitrogens with one attached hydrogen (secondary N) is 2. The highest BCUT2D eigenvalue weighted by Crippen LogP contribution is 2.16. The van der Waals surface area contributed by atoms with Crippen LogP contribution in [-0.2, 0) is 6.42 Å². The van der Waals surface area contributed by atoms with Crippen molar-refractivity contribution in [2.75, 3.05) is 20.7 Å². The molecule has 0 bridgehead atoms. The van der Waals surface area contributed by atoms with E-state index in [0.717, 1.165) is 0 Å². The quantitative estimate of drug-likeness (QED) is 0.685. The maximum atomic E-state index is 11.6. The van der Waals surface area contributed by atoms with Crippen LogP contribution in [0.25, 0.3) is 0 Å². The maximum absolute atomic E-state index is 11.6. The fourth-order valence-corrected chi connectivity index (χ4v) is 1.66. The number of benzene rings is 1. The van der Waals surface area contributed by atoms with Crippen molar-refractivity contribution >= 4 is 11.8 Å². The molecule has 5 heteroatoms. The summed E-state index contributed by atoms with van der Waals surface area (Å²) >= 11 is 0. The molecule has 0 heterocycles. The summed E-state index contributed by atoms with van der Waals surface area (Å²) < 4.78 is 0. The first-order chi connectivity index (χ1) is 8.15. The van der Waals surface area contributed by atoms with Gasteiger partial charge in [-0.25, -0.2) is 0 Å². The van der Waals surface area contributed by atoms with Crippen molar-refractivity contribution in [3.05, 3.63) is 34.9 Å². The Balaban J connectivity index is 3.31. The Labute approximate surface area is 99.8 Å². The van der Waals surface area contributed by atoms with Gasteiger partial charge in [-0.2, -0.15) is 0 Å². The van der Waals surface area contributed by atoms with Crippen molar-refractivity contribution < 1.29 is 14.7 Å². The van der Waals surface area contributed by atoms with Crippen LogP contribution in [0.2, 0.25) is 0 Å². The summed E-state index contributed by atoms with van der Waals surface area (Å²) in [7, 11) is 3.05. The minimum atomic E-state index is -0.265. The fraction of sp³-hybridized carbons (Fsp3) is 0.333. The smallest absolute Gasteiger partial charge is 0.251 e. The highest BCUT2D eigenvalue weighted by molar-refractivity contribution is 6.02. The second-order valence-corrected chi connectivity index (χ2v) is 3.46. The molecule has 0 unspecified atom stereocenters. The molecule has 0 aliphatic rings. The lowest BCUT2D eigenvalue weighted by molar-refractivity contribution is 0.0961. The Morgan fingerprint density at radius 1 is 1.12 bits per heavy atom.